The Labute approximate surface area is 128 Å². The molecule has 0 bridgehead atoms. The van der Waals surface area contributed by atoms with Crippen LogP contribution in [-0.2, 0) is 13.1 Å². The summed E-state index contributed by atoms with van der Waals surface area (Å²) in [7, 11) is 3.88. The molecule has 0 unspecified atom stereocenters. The number of likely N-dealkylation sites (N-methyl/N-ethyl adjacent to an activating group) is 1. The predicted molar refractivity (Wildman–Crippen MR) is 83.6 cm³/mol. The Balaban J connectivity index is 2.08. The van der Waals surface area contributed by atoms with E-state index in [1.807, 2.05) is 31.1 Å². The maximum Gasteiger partial charge on any atom is 0.287 e. The molecule has 112 valence electrons. The van der Waals surface area contributed by atoms with Crippen molar-refractivity contribution < 1.29 is 0 Å². The molecule has 21 heavy (non-hydrogen) atoms. The van der Waals surface area contributed by atoms with Crippen LogP contribution < -0.4 is 10.9 Å². The second-order valence-corrected chi connectivity index (χ2v) is 5.30. The molecule has 2 rings (SSSR count). The fourth-order valence-electron chi connectivity index (χ4n) is 1.74. The monoisotopic (exact) mass is 307 g/mol. The van der Waals surface area contributed by atoms with Crippen molar-refractivity contribution >= 4 is 17.3 Å². The Morgan fingerprint density at radius 2 is 2.19 bits per heavy atom. The van der Waals surface area contributed by atoms with E-state index in [0.29, 0.717) is 18.8 Å². The van der Waals surface area contributed by atoms with Gasteiger partial charge in [0.1, 0.15) is 5.02 Å². The number of anilines is 1. The third-order valence-corrected chi connectivity index (χ3v) is 3.31. The molecule has 0 aliphatic carbocycles. The second kappa shape index (κ2) is 7.19. The summed E-state index contributed by atoms with van der Waals surface area (Å²) in [4.78, 5) is 18.1. The summed E-state index contributed by atoms with van der Waals surface area (Å²) in [6.45, 7) is 1.77. The van der Waals surface area contributed by atoms with Crippen LogP contribution in [0.4, 0.5) is 5.69 Å². The molecule has 6 nitrogen and oxygen atoms in total. The van der Waals surface area contributed by atoms with Gasteiger partial charge in [-0.25, -0.2) is 4.68 Å². The van der Waals surface area contributed by atoms with E-state index in [9.17, 15) is 4.79 Å². The van der Waals surface area contributed by atoms with Crippen LogP contribution in [0.15, 0.2) is 35.5 Å². The van der Waals surface area contributed by atoms with Crippen LogP contribution in [0.2, 0.25) is 5.02 Å². The summed E-state index contributed by atoms with van der Waals surface area (Å²) in [6.07, 6.45) is 5.05. The molecule has 2 heterocycles. The number of nitrogens with zero attached hydrogens (tertiary/aromatic N) is 4. The maximum absolute atomic E-state index is 12.1. The van der Waals surface area contributed by atoms with E-state index in [2.05, 4.69) is 15.4 Å². The fraction of sp³-hybridized carbons (Fsp3) is 0.357. The Morgan fingerprint density at radius 3 is 2.86 bits per heavy atom. The first-order valence-electron chi connectivity index (χ1n) is 6.61. The minimum atomic E-state index is -0.283. The minimum Gasteiger partial charge on any atom is -0.378 e. The lowest BCUT2D eigenvalue weighted by molar-refractivity contribution is 0.367. The summed E-state index contributed by atoms with van der Waals surface area (Å²) in [5.74, 6) is 0. The van der Waals surface area contributed by atoms with Crippen LogP contribution in [-0.4, -0.2) is 40.3 Å². The number of hydrogen-bond donors (Lipinski definition) is 1. The number of rotatable bonds is 6. The second-order valence-electron chi connectivity index (χ2n) is 4.92. The van der Waals surface area contributed by atoms with Crippen molar-refractivity contribution in [2.75, 3.05) is 26.0 Å². The summed E-state index contributed by atoms with van der Waals surface area (Å²) in [5.41, 5.74) is 1.26. The Morgan fingerprint density at radius 1 is 1.38 bits per heavy atom. The van der Waals surface area contributed by atoms with Crippen LogP contribution in [0.3, 0.4) is 0 Å². The van der Waals surface area contributed by atoms with Gasteiger partial charge in [-0.15, -0.1) is 0 Å². The maximum atomic E-state index is 12.1. The third kappa shape index (κ3) is 4.27. The van der Waals surface area contributed by atoms with E-state index in [0.717, 1.165) is 12.1 Å². The molecule has 0 saturated carbocycles. The first-order valence-corrected chi connectivity index (χ1v) is 6.99. The van der Waals surface area contributed by atoms with Crippen LogP contribution >= 0.6 is 11.6 Å². The van der Waals surface area contributed by atoms with Gasteiger partial charge in [-0.3, -0.25) is 9.78 Å². The number of pyridine rings is 1. The van der Waals surface area contributed by atoms with Crippen molar-refractivity contribution in [2.24, 2.45) is 0 Å². The normalized spacial score (nSPS) is 10.9. The molecule has 0 fully saturated rings. The van der Waals surface area contributed by atoms with Crippen molar-refractivity contribution in [3.8, 4) is 0 Å². The molecule has 2 aromatic heterocycles. The van der Waals surface area contributed by atoms with Crippen LogP contribution in [0.5, 0.6) is 0 Å². The van der Waals surface area contributed by atoms with E-state index < -0.39 is 0 Å². The molecule has 0 atom stereocenters. The van der Waals surface area contributed by atoms with Crippen molar-refractivity contribution in [1.82, 2.24) is 19.7 Å². The van der Waals surface area contributed by atoms with Gasteiger partial charge in [-0.1, -0.05) is 17.7 Å². The van der Waals surface area contributed by atoms with Crippen molar-refractivity contribution in [3.05, 3.63) is 51.7 Å². The lowest BCUT2D eigenvalue weighted by Crippen LogP contribution is -2.29. The first kappa shape index (κ1) is 15.5. The molecule has 0 spiro atoms. The molecular weight excluding hydrogens is 290 g/mol. The van der Waals surface area contributed by atoms with Gasteiger partial charge in [0.05, 0.1) is 18.4 Å². The van der Waals surface area contributed by atoms with Crippen LogP contribution in [0.25, 0.3) is 0 Å². The molecule has 0 aliphatic heterocycles. The molecule has 0 radical (unpaired) electrons. The summed E-state index contributed by atoms with van der Waals surface area (Å²) in [5, 5.41) is 7.40. The van der Waals surface area contributed by atoms with E-state index in [4.69, 9.17) is 11.6 Å². The summed E-state index contributed by atoms with van der Waals surface area (Å²) < 4.78 is 1.37. The van der Waals surface area contributed by atoms with Crippen molar-refractivity contribution in [2.45, 2.75) is 13.1 Å². The summed E-state index contributed by atoms with van der Waals surface area (Å²) >= 11 is 6.11. The first-order chi connectivity index (χ1) is 10.1. The smallest absolute Gasteiger partial charge is 0.287 e. The molecular formula is C14H18ClN5O. The largest absolute Gasteiger partial charge is 0.378 e. The van der Waals surface area contributed by atoms with Gasteiger partial charge >= 0.3 is 0 Å². The Kier molecular flexibility index (Phi) is 5.30. The molecule has 0 saturated heterocycles. The standard InChI is InChI=1S/C14H18ClN5O/c1-19(2)6-7-20-14(21)13(15)12(10-18-20)17-9-11-4-3-5-16-8-11/h3-5,8,10,17H,6-7,9H2,1-2H3. The van der Waals surface area contributed by atoms with Crippen molar-refractivity contribution in [1.29, 1.82) is 0 Å². The van der Waals surface area contributed by atoms with Gasteiger partial charge in [0.25, 0.3) is 5.56 Å². The van der Waals surface area contributed by atoms with Gasteiger partial charge in [-0.2, -0.15) is 5.10 Å². The van der Waals surface area contributed by atoms with E-state index in [-0.39, 0.29) is 10.6 Å². The van der Waals surface area contributed by atoms with Gasteiger partial charge in [-0.05, 0) is 25.7 Å². The quantitative estimate of drug-likeness (QED) is 0.875. The third-order valence-electron chi connectivity index (χ3n) is 2.95. The molecule has 7 heteroatoms. The lowest BCUT2D eigenvalue weighted by atomic mass is 10.3. The number of nitrogens with one attached hydrogen (secondary N) is 1. The highest BCUT2D eigenvalue weighted by Gasteiger charge is 2.09. The summed E-state index contributed by atoms with van der Waals surface area (Å²) in [6, 6.07) is 3.80. The topological polar surface area (TPSA) is 63.1 Å². The van der Waals surface area contributed by atoms with Gasteiger partial charge in [0.15, 0.2) is 0 Å². The Hall–Kier alpha value is -1.92. The molecule has 1 N–H and O–H groups in total. The SMILES string of the molecule is CN(C)CCn1ncc(NCc2cccnc2)c(Cl)c1=O. The molecule has 0 aliphatic rings. The average Bonchev–Trinajstić information content (AvgIpc) is 2.48. The van der Waals surface area contributed by atoms with E-state index >= 15 is 0 Å². The zero-order valence-corrected chi connectivity index (χ0v) is 12.8. The van der Waals surface area contributed by atoms with Crippen LogP contribution in [0, 0.1) is 0 Å². The fourth-order valence-corrected chi connectivity index (χ4v) is 1.96. The highest BCUT2D eigenvalue weighted by molar-refractivity contribution is 6.32. The predicted octanol–water partition coefficient (Wildman–Crippen LogP) is 1.47. The van der Waals surface area contributed by atoms with E-state index in [1.54, 1.807) is 18.6 Å². The Bertz CT molecular complexity index is 642. The van der Waals surface area contributed by atoms with Gasteiger partial charge < -0.3 is 10.2 Å². The van der Waals surface area contributed by atoms with Crippen LogP contribution in [0.1, 0.15) is 5.56 Å². The molecule has 2 aromatic rings. The zero-order valence-electron chi connectivity index (χ0n) is 12.1. The van der Waals surface area contributed by atoms with Gasteiger partial charge in [0, 0.05) is 25.5 Å². The zero-order chi connectivity index (χ0) is 15.2. The average molecular weight is 308 g/mol. The number of hydrogen-bond acceptors (Lipinski definition) is 5. The highest BCUT2D eigenvalue weighted by atomic mass is 35.5. The number of halogens is 1. The van der Waals surface area contributed by atoms with Gasteiger partial charge in [0.2, 0.25) is 0 Å². The molecule has 0 amide bonds. The number of aromatic nitrogens is 3. The van der Waals surface area contributed by atoms with E-state index in [1.165, 1.54) is 4.68 Å². The minimum absolute atomic E-state index is 0.160. The molecule has 0 aromatic carbocycles. The van der Waals surface area contributed by atoms with Crippen molar-refractivity contribution in [3.63, 3.8) is 0 Å². The lowest BCUT2D eigenvalue weighted by Gasteiger charge is -2.12. The highest BCUT2D eigenvalue weighted by Crippen LogP contribution is 2.16.